The van der Waals surface area contributed by atoms with Crippen LogP contribution in [0, 0.1) is 0 Å². The summed E-state index contributed by atoms with van der Waals surface area (Å²) >= 11 is 0. The van der Waals surface area contributed by atoms with Gasteiger partial charge in [-0.1, -0.05) is 12.1 Å². The maximum Gasteiger partial charge on any atom is 0.274 e. The highest BCUT2D eigenvalue weighted by Gasteiger charge is 2.06. The van der Waals surface area contributed by atoms with E-state index in [2.05, 4.69) is 15.0 Å². The molecular weight excluding hydrogens is 270 g/mol. The Morgan fingerprint density at radius 2 is 2.14 bits per heavy atom. The summed E-state index contributed by atoms with van der Waals surface area (Å²) in [4.78, 5) is 22.7. The van der Waals surface area contributed by atoms with Crippen LogP contribution in [0.1, 0.15) is 11.3 Å². The molecule has 0 atom stereocenters. The highest BCUT2D eigenvalue weighted by molar-refractivity contribution is 5.78. The Morgan fingerprint density at radius 3 is 2.95 bits per heavy atom. The number of phenolic OH excluding ortho intramolecular Hbond substituents is 1. The standard InChI is InChI=1S/C15H11N3O3/c19-10-3-1-2-9(6-10)14(20)7-12-15(21)18-11-4-5-16-8-13(11)17-12/h1-8,19-20H,(H,18,21)/b14-7-. The van der Waals surface area contributed by atoms with Gasteiger partial charge in [0.05, 0.1) is 11.7 Å². The van der Waals surface area contributed by atoms with Gasteiger partial charge in [-0.25, -0.2) is 4.98 Å². The largest absolute Gasteiger partial charge is 0.508 e. The molecule has 0 aliphatic heterocycles. The van der Waals surface area contributed by atoms with Crippen molar-refractivity contribution in [3.05, 3.63) is 64.3 Å². The van der Waals surface area contributed by atoms with E-state index in [1.165, 1.54) is 24.4 Å². The van der Waals surface area contributed by atoms with Crippen LogP contribution in [0.4, 0.5) is 0 Å². The third-order valence-corrected chi connectivity index (χ3v) is 2.94. The molecule has 0 saturated carbocycles. The molecule has 3 N–H and O–H groups in total. The molecule has 0 unspecified atom stereocenters. The Morgan fingerprint density at radius 1 is 1.29 bits per heavy atom. The summed E-state index contributed by atoms with van der Waals surface area (Å²) in [5, 5.41) is 19.4. The van der Waals surface area contributed by atoms with Gasteiger partial charge in [-0.2, -0.15) is 0 Å². The van der Waals surface area contributed by atoms with Crippen LogP contribution < -0.4 is 5.56 Å². The van der Waals surface area contributed by atoms with Gasteiger partial charge in [0.2, 0.25) is 0 Å². The Kier molecular flexibility index (Phi) is 3.12. The van der Waals surface area contributed by atoms with Gasteiger partial charge in [0, 0.05) is 17.8 Å². The van der Waals surface area contributed by atoms with E-state index < -0.39 is 5.56 Å². The lowest BCUT2D eigenvalue weighted by Gasteiger charge is -2.02. The molecule has 0 bridgehead atoms. The summed E-state index contributed by atoms with van der Waals surface area (Å²) in [6.07, 6.45) is 4.33. The van der Waals surface area contributed by atoms with Gasteiger partial charge < -0.3 is 15.2 Å². The first-order chi connectivity index (χ1) is 10.1. The minimum atomic E-state index is -0.416. The van der Waals surface area contributed by atoms with Crippen molar-refractivity contribution >= 4 is 22.9 Å². The Hall–Kier alpha value is -3.15. The topological polar surface area (TPSA) is 99.1 Å². The maximum atomic E-state index is 11.9. The van der Waals surface area contributed by atoms with E-state index in [4.69, 9.17) is 0 Å². The number of hydrogen-bond donors (Lipinski definition) is 3. The van der Waals surface area contributed by atoms with Crippen molar-refractivity contribution in [3.63, 3.8) is 0 Å². The van der Waals surface area contributed by atoms with Crippen molar-refractivity contribution in [1.29, 1.82) is 0 Å². The van der Waals surface area contributed by atoms with Gasteiger partial charge >= 0.3 is 0 Å². The van der Waals surface area contributed by atoms with E-state index in [0.717, 1.165) is 0 Å². The lowest BCUT2D eigenvalue weighted by Crippen LogP contribution is -2.12. The highest BCUT2D eigenvalue weighted by atomic mass is 16.3. The molecule has 0 radical (unpaired) electrons. The van der Waals surface area contributed by atoms with Crippen molar-refractivity contribution in [2.75, 3.05) is 0 Å². The molecule has 0 aliphatic rings. The minimum absolute atomic E-state index is 0.0250. The summed E-state index contributed by atoms with van der Waals surface area (Å²) in [5.41, 5.74) is 1.13. The number of nitrogens with zero attached hydrogens (tertiary/aromatic N) is 2. The average molecular weight is 281 g/mol. The first kappa shape index (κ1) is 12.9. The number of benzene rings is 1. The zero-order chi connectivity index (χ0) is 14.8. The summed E-state index contributed by atoms with van der Waals surface area (Å²) in [6, 6.07) is 7.73. The van der Waals surface area contributed by atoms with Crippen LogP contribution in [0.5, 0.6) is 5.75 Å². The van der Waals surface area contributed by atoms with Crippen LogP contribution in [-0.4, -0.2) is 25.2 Å². The van der Waals surface area contributed by atoms with Gasteiger partial charge in [0.1, 0.15) is 22.7 Å². The molecule has 2 heterocycles. The summed E-state index contributed by atoms with van der Waals surface area (Å²) in [6.45, 7) is 0. The SMILES string of the molecule is O=c1[nH]c2ccncc2nc1/C=C(\O)c1cccc(O)c1. The van der Waals surface area contributed by atoms with E-state index in [1.807, 2.05) is 0 Å². The second-order valence-corrected chi connectivity index (χ2v) is 4.42. The molecule has 3 rings (SSSR count). The number of aromatic amines is 1. The lowest BCUT2D eigenvalue weighted by atomic mass is 10.1. The molecule has 0 saturated heterocycles. The average Bonchev–Trinajstić information content (AvgIpc) is 2.48. The fourth-order valence-electron chi connectivity index (χ4n) is 1.92. The molecule has 3 aromatic rings. The van der Waals surface area contributed by atoms with Crippen molar-refractivity contribution in [1.82, 2.24) is 15.0 Å². The Bertz CT molecular complexity index is 900. The monoisotopic (exact) mass is 281 g/mol. The number of nitrogens with one attached hydrogen (secondary N) is 1. The van der Waals surface area contributed by atoms with E-state index in [-0.39, 0.29) is 17.2 Å². The van der Waals surface area contributed by atoms with E-state index in [9.17, 15) is 15.0 Å². The molecular formula is C15H11N3O3. The molecule has 6 heteroatoms. The molecule has 0 fully saturated rings. The van der Waals surface area contributed by atoms with E-state index in [0.29, 0.717) is 16.6 Å². The number of hydrogen-bond acceptors (Lipinski definition) is 5. The molecule has 6 nitrogen and oxygen atoms in total. The normalized spacial score (nSPS) is 11.7. The number of aromatic nitrogens is 3. The minimum Gasteiger partial charge on any atom is -0.508 e. The number of H-pyrrole nitrogens is 1. The predicted octanol–water partition coefficient (Wildman–Crippen LogP) is 2.08. The van der Waals surface area contributed by atoms with Crippen molar-refractivity contribution < 1.29 is 10.2 Å². The summed E-state index contributed by atoms with van der Waals surface area (Å²) in [5.74, 6) is -0.135. The maximum absolute atomic E-state index is 11.9. The van der Waals surface area contributed by atoms with Gasteiger partial charge in [0.25, 0.3) is 5.56 Å². The molecule has 0 spiro atoms. The zero-order valence-corrected chi connectivity index (χ0v) is 10.8. The fourth-order valence-corrected chi connectivity index (χ4v) is 1.92. The first-order valence-electron chi connectivity index (χ1n) is 6.17. The van der Waals surface area contributed by atoms with Crippen molar-refractivity contribution in [2.24, 2.45) is 0 Å². The molecule has 0 amide bonds. The van der Waals surface area contributed by atoms with Crippen LogP contribution in [0.3, 0.4) is 0 Å². The lowest BCUT2D eigenvalue weighted by molar-refractivity contribution is 0.473. The number of aliphatic hydroxyl groups is 1. The third-order valence-electron chi connectivity index (χ3n) is 2.94. The molecule has 1 aromatic carbocycles. The fraction of sp³-hybridized carbons (Fsp3) is 0. The number of aliphatic hydroxyl groups excluding tert-OH is 1. The van der Waals surface area contributed by atoms with Crippen LogP contribution in [0.25, 0.3) is 22.9 Å². The molecule has 0 aliphatic carbocycles. The van der Waals surface area contributed by atoms with Crippen molar-refractivity contribution in [2.45, 2.75) is 0 Å². The van der Waals surface area contributed by atoms with Crippen LogP contribution in [-0.2, 0) is 0 Å². The van der Waals surface area contributed by atoms with E-state index in [1.54, 1.807) is 24.4 Å². The number of rotatable bonds is 2. The molecule has 2 aromatic heterocycles. The third kappa shape index (κ3) is 2.59. The summed E-state index contributed by atoms with van der Waals surface area (Å²) < 4.78 is 0. The quantitative estimate of drug-likeness (QED) is 0.624. The van der Waals surface area contributed by atoms with Crippen LogP contribution in [0.2, 0.25) is 0 Å². The molecule has 104 valence electrons. The van der Waals surface area contributed by atoms with Crippen molar-refractivity contribution in [3.8, 4) is 5.75 Å². The smallest absolute Gasteiger partial charge is 0.274 e. The van der Waals surface area contributed by atoms with Gasteiger partial charge in [-0.05, 0) is 18.2 Å². The number of phenols is 1. The Balaban J connectivity index is 2.10. The second-order valence-electron chi connectivity index (χ2n) is 4.42. The van der Waals surface area contributed by atoms with Gasteiger partial charge in [-0.15, -0.1) is 0 Å². The van der Waals surface area contributed by atoms with Crippen LogP contribution in [0.15, 0.2) is 47.5 Å². The van der Waals surface area contributed by atoms with Gasteiger partial charge in [-0.3, -0.25) is 9.78 Å². The van der Waals surface area contributed by atoms with Gasteiger partial charge in [0.15, 0.2) is 0 Å². The zero-order valence-electron chi connectivity index (χ0n) is 10.8. The predicted molar refractivity (Wildman–Crippen MR) is 78.8 cm³/mol. The number of aromatic hydroxyl groups is 1. The first-order valence-corrected chi connectivity index (χ1v) is 6.17. The molecule has 21 heavy (non-hydrogen) atoms. The Labute approximate surface area is 119 Å². The highest BCUT2D eigenvalue weighted by Crippen LogP contribution is 2.18. The van der Waals surface area contributed by atoms with Crippen LogP contribution >= 0.6 is 0 Å². The number of fused-ring (bicyclic) bond motifs is 1. The number of pyridine rings is 1. The summed E-state index contributed by atoms with van der Waals surface area (Å²) in [7, 11) is 0. The second kappa shape index (κ2) is 5.09. The van der Waals surface area contributed by atoms with E-state index >= 15 is 0 Å².